The number of ether oxygens (including phenoxy) is 1. The zero-order chi connectivity index (χ0) is 16.5. The van der Waals surface area contributed by atoms with Gasteiger partial charge in [0, 0.05) is 26.7 Å². The van der Waals surface area contributed by atoms with E-state index >= 15 is 0 Å². The summed E-state index contributed by atoms with van der Waals surface area (Å²) in [6.45, 7) is 4.27. The van der Waals surface area contributed by atoms with Crippen LogP contribution in [0, 0.1) is 5.92 Å². The van der Waals surface area contributed by atoms with Gasteiger partial charge in [-0.25, -0.2) is 0 Å². The van der Waals surface area contributed by atoms with Crippen molar-refractivity contribution in [3.8, 4) is 5.75 Å². The first-order valence-corrected chi connectivity index (χ1v) is 8.47. The van der Waals surface area contributed by atoms with Gasteiger partial charge in [0.2, 0.25) is 0 Å². The van der Waals surface area contributed by atoms with Crippen LogP contribution in [0.5, 0.6) is 5.75 Å². The SMILES string of the molecule is CN=C(NCCc1ccc(OC)cc1)NCC1CCCN(C)C1.I. The minimum Gasteiger partial charge on any atom is -0.497 e. The number of benzene rings is 1. The molecule has 2 rings (SSSR count). The molecule has 1 heterocycles. The molecule has 1 aromatic carbocycles. The van der Waals surface area contributed by atoms with Crippen molar-refractivity contribution < 1.29 is 4.74 Å². The van der Waals surface area contributed by atoms with E-state index in [4.69, 9.17) is 4.74 Å². The Balaban J connectivity index is 0.00000288. The van der Waals surface area contributed by atoms with E-state index in [9.17, 15) is 0 Å². The second-order valence-corrected chi connectivity index (χ2v) is 6.25. The molecule has 1 saturated heterocycles. The summed E-state index contributed by atoms with van der Waals surface area (Å²) in [7, 11) is 5.72. The fourth-order valence-electron chi connectivity index (χ4n) is 3.02. The maximum Gasteiger partial charge on any atom is 0.190 e. The molecule has 0 radical (unpaired) electrons. The van der Waals surface area contributed by atoms with Crippen molar-refractivity contribution in [3.63, 3.8) is 0 Å². The van der Waals surface area contributed by atoms with E-state index in [2.05, 4.69) is 39.7 Å². The average molecular weight is 446 g/mol. The molecule has 2 N–H and O–H groups in total. The second-order valence-electron chi connectivity index (χ2n) is 6.25. The van der Waals surface area contributed by atoms with Gasteiger partial charge in [-0.2, -0.15) is 0 Å². The third-order valence-corrected chi connectivity index (χ3v) is 4.37. The lowest BCUT2D eigenvalue weighted by Crippen LogP contribution is -2.44. The van der Waals surface area contributed by atoms with E-state index in [1.165, 1.54) is 31.5 Å². The highest BCUT2D eigenvalue weighted by Crippen LogP contribution is 2.14. The van der Waals surface area contributed by atoms with Crippen molar-refractivity contribution in [1.82, 2.24) is 15.5 Å². The van der Waals surface area contributed by atoms with E-state index in [-0.39, 0.29) is 24.0 Å². The highest BCUT2D eigenvalue weighted by molar-refractivity contribution is 14.0. The molecular weight excluding hydrogens is 415 g/mol. The predicted octanol–water partition coefficient (Wildman–Crippen LogP) is 2.36. The highest BCUT2D eigenvalue weighted by Gasteiger charge is 2.17. The number of aliphatic imine (C=N–C) groups is 1. The lowest BCUT2D eigenvalue weighted by atomic mass is 9.99. The van der Waals surface area contributed by atoms with Crippen molar-refractivity contribution >= 4 is 29.9 Å². The van der Waals surface area contributed by atoms with Crippen molar-refractivity contribution in [2.75, 3.05) is 47.4 Å². The van der Waals surface area contributed by atoms with Gasteiger partial charge in [0.15, 0.2) is 5.96 Å². The molecule has 1 unspecified atom stereocenters. The molecular formula is C18H31IN4O. The Hall–Kier alpha value is -1.02. The topological polar surface area (TPSA) is 48.9 Å². The minimum atomic E-state index is 0. The van der Waals surface area contributed by atoms with Crippen LogP contribution < -0.4 is 15.4 Å². The van der Waals surface area contributed by atoms with Gasteiger partial charge >= 0.3 is 0 Å². The standard InChI is InChI=1S/C18H30N4O.HI/c1-19-18(21-13-16-5-4-12-22(2)14-16)20-11-10-15-6-8-17(23-3)9-7-15;/h6-9,16H,4-5,10-14H2,1-3H3,(H2,19,20,21);1H. The lowest BCUT2D eigenvalue weighted by molar-refractivity contribution is 0.210. The van der Waals surface area contributed by atoms with Gasteiger partial charge in [0.25, 0.3) is 0 Å². The fourth-order valence-corrected chi connectivity index (χ4v) is 3.02. The van der Waals surface area contributed by atoms with Gasteiger partial charge in [0.05, 0.1) is 7.11 Å². The van der Waals surface area contributed by atoms with E-state index in [0.717, 1.165) is 31.2 Å². The average Bonchev–Trinajstić information content (AvgIpc) is 2.58. The number of methoxy groups -OCH3 is 1. The molecule has 0 saturated carbocycles. The zero-order valence-corrected chi connectivity index (χ0v) is 17.4. The van der Waals surface area contributed by atoms with Crippen LogP contribution in [0.4, 0.5) is 0 Å². The van der Waals surface area contributed by atoms with E-state index in [1.54, 1.807) is 7.11 Å². The number of rotatable bonds is 6. The lowest BCUT2D eigenvalue weighted by Gasteiger charge is -2.30. The Morgan fingerprint density at radius 3 is 2.67 bits per heavy atom. The first kappa shape index (κ1) is 21.0. The van der Waals surface area contributed by atoms with Gasteiger partial charge in [-0.1, -0.05) is 12.1 Å². The predicted molar refractivity (Wildman–Crippen MR) is 112 cm³/mol. The maximum atomic E-state index is 5.18. The van der Waals surface area contributed by atoms with Gasteiger partial charge in [0.1, 0.15) is 5.75 Å². The van der Waals surface area contributed by atoms with Crippen LogP contribution in [-0.4, -0.2) is 58.2 Å². The summed E-state index contributed by atoms with van der Waals surface area (Å²) in [5.41, 5.74) is 1.29. The van der Waals surface area contributed by atoms with Crippen LogP contribution in [0.3, 0.4) is 0 Å². The van der Waals surface area contributed by atoms with Gasteiger partial charge < -0.3 is 20.3 Å². The molecule has 1 aromatic rings. The molecule has 0 aromatic heterocycles. The minimum absolute atomic E-state index is 0. The summed E-state index contributed by atoms with van der Waals surface area (Å²) in [4.78, 5) is 6.72. The molecule has 1 aliphatic heterocycles. The Kier molecular flexibility index (Phi) is 10.1. The smallest absolute Gasteiger partial charge is 0.190 e. The summed E-state index contributed by atoms with van der Waals surface area (Å²) in [6.07, 6.45) is 3.57. The van der Waals surface area contributed by atoms with Crippen LogP contribution >= 0.6 is 24.0 Å². The quantitative estimate of drug-likeness (QED) is 0.400. The van der Waals surface area contributed by atoms with Crippen LogP contribution in [0.1, 0.15) is 18.4 Å². The Labute approximate surface area is 163 Å². The van der Waals surface area contributed by atoms with Crippen molar-refractivity contribution in [2.45, 2.75) is 19.3 Å². The van der Waals surface area contributed by atoms with Crippen LogP contribution in [-0.2, 0) is 6.42 Å². The number of hydrogen-bond donors (Lipinski definition) is 2. The molecule has 136 valence electrons. The molecule has 1 fully saturated rings. The number of hydrogen-bond acceptors (Lipinski definition) is 3. The first-order valence-electron chi connectivity index (χ1n) is 8.47. The second kappa shape index (κ2) is 11.5. The van der Waals surface area contributed by atoms with Gasteiger partial charge in [-0.3, -0.25) is 4.99 Å². The summed E-state index contributed by atoms with van der Waals surface area (Å²) in [5.74, 6) is 2.51. The number of halogens is 1. The Bertz CT molecular complexity index is 492. The van der Waals surface area contributed by atoms with E-state index < -0.39 is 0 Å². The van der Waals surface area contributed by atoms with Gasteiger partial charge in [-0.05, 0) is 56.5 Å². The molecule has 0 bridgehead atoms. The largest absolute Gasteiger partial charge is 0.497 e. The molecule has 5 nitrogen and oxygen atoms in total. The molecule has 1 atom stereocenters. The summed E-state index contributed by atoms with van der Waals surface area (Å²) < 4.78 is 5.18. The van der Waals surface area contributed by atoms with Crippen molar-refractivity contribution in [2.24, 2.45) is 10.9 Å². The highest BCUT2D eigenvalue weighted by atomic mass is 127. The maximum absolute atomic E-state index is 5.18. The number of likely N-dealkylation sites (tertiary alicyclic amines) is 1. The van der Waals surface area contributed by atoms with Gasteiger partial charge in [-0.15, -0.1) is 24.0 Å². The summed E-state index contributed by atoms with van der Waals surface area (Å²) >= 11 is 0. The molecule has 1 aliphatic rings. The van der Waals surface area contributed by atoms with Crippen LogP contribution in [0.2, 0.25) is 0 Å². The summed E-state index contributed by atoms with van der Waals surface area (Å²) in [5, 5.41) is 6.85. The third kappa shape index (κ3) is 7.25. The van der Waals surface area contributed by atoms with Crippen LogP contribution in [0.15, 0.2) is 29.3 Å². The molecule has 0 amide bonds. The monoisotopic (exact) mass is 446 g/mol. The summed E-state index contributed by atoms with van der Waals surface area (Å²) in [6, 6.07) is 8.22. The van der Waals surface area contributed by atoms with E-state index in [1.807, 2.05) is 19.2 Å². The Morgan fingerprint density at radius 1 is 1.29 bits per heavy atom. The fraction of sp³-hybridized carbons (Fsp3) is 0.611. The molecule has 0 spiro atoms. The molecule has 0 aliphatic carbocycles. The van der Waals surface area contributed by atoms with Crippen LogP contribution in [0.25, 0.3) is 0 Å². The Morgan fingerprint density at radius 2 is 2.04 bits per heavy atom. The number of nitrogens with one attached hydrogen (secondary N) is 2. The first-order chi connectivity index (χ1) is 11.2. The zero-order valence-electron chi connectivity index (χ0n) is 15.0. The number of guanidine groups is 1. The number of piperidine rings is 1. The van der Waals surface area contributed by atoms with Crippen molar-refractivity contribution in [3.05, 3.63) is 29.8 Å². The van der Waals surface area contributed by atoms with Crippen molar-refractivity contribution in [1.29, 1.82) is 0 Å². The molecule has 6 heteroatoms. The normalized spacial score (nSPS) is 18.6. The van der Waals surface area contributed by atoms with E-state index in [0.29, 0.717) is 5.92 Å². The molecule has 24 heavy (non-hydrogen) atoms. The number of nitrogens with zero attached hydrogens (tertiary/aromatic N) is 2. The third-order valence-electron chi connectivity index (χ3n) is 4.37.